The number of rotatable bonds is 8. The first-order chi connectivity index (χ1) is 16.4. The van der Waals surface area contributed by atoms with Gasteiger partial charge in [-0.15, -0.1) is 0 Å². The number of halogens is 2. The van der Waals surface area contributed by atoms with Gasteiger partial charge < -0.3 is 20.1 Å². The number of hydrogen-bond donors (Lipinski definition) is 2. The Hall–Kier alpha value is -3.34. The highest BCUT2D eigenvalue weighted by Gasteiger charge is 2.22. The lowest BCUT2D eigenvalue weighted by Crippen LogP contribution is -2.47. The summed E-state index contributed by atoms with van der Waals surface area (Å²) in [6.07, 6.45) is 4.53. The molecule has 1 fully saturated rings. The molecule has 3 heterocycles. The number of aromatic nitrogens is 3. The summed E-state index contributed by atoms with van der Waals surface area (Å²) in [4.78, 5) is 29.1. The second kappa shape index (κ2) is 10.7. The van der Waals surface area contributed by atoms with E-state index in [1.165, 1.54) is 18.3 Å². The van der Waals surface area contributed by atoms with E-state index in [9.17, 15) is 14.3 Å². The van der Waals surface area contributed by atoms with Crippen molar-refractivity contribution in [2.75, 3.05) is 56.7 Å². The highest BCUT2D eigenvalue weighted by atomic mass is 35.5. The SMILES string of the molecule is COCCN1CCN(c2nc(Nc3ccc(F)c(Cl)c3)ncc2-c2cncc(C(=O)O)c2)CC1. The monoisotopic (exact) mass is 486 g/mol. The van der Waals surface area contributed by atoms with Gasteiger partial charge in [0.15, 0.2) is 0 Å². The third-order valence-corrected chi connectivity index (χ3v) is 5.81. The lowest BCUT2D eigenvalue weighted by molar-refractivity contribution is 0.0696. The number of methoxy groups -OCH3 is 1. The Bertz CT molecular complexity index is 1170. The van der Waals surface area contributed by atoms with Crippen molar-refractivity contribution in [3.05, 3.63) is 59.3 Å². The van der Waals surface area contributed by atoms with Crippen molar-refractivity contribution in [1.82, 2.24) is 19.9 Å². The van der Waals surface area contributed by atoms with E-state index in [1.54, 1.807) is 31.6 Å². The maximum Gasteiger partial charge on any atom is 0.337 e. The Morgan fingerprint density at radius 1 is 1.21 bits per heavy atom. The second-order valence-electron chi connectivity index (χ2n) is 7.77. The predicted molar refractivity (Wildman–Crippen MR) is 127 cm³/mol. The zero-order valence-corrected chi connectivity index (χ0v) is 19.3. The van der Waals surface area contributed by atoms with E-state index >= 15 is 0 Å². The van der Waals surface area contributed by atoms with Crippen LogP contribution in [-0.2, 0) is 4.74 Å². The van der Waals surface area contributed by atoms with Crippen LogP contribution in [0.3, 0.4) is 0 Å². The second-order valence-corrected chi connectivity index (χ2v) is 8.18. The molecule has 4 rings (SSSR count). The van der Waals surface area contributed by atoms with Crippen LogP contribution in [0.2, 0.25) is 5.02 Å². The molecule has 1 aromatic carbocycles. The molecule has 0 aliphatic carbocycles. The Morgan fingerprint density at radius 2 is 2.00 bits per heavy atom. The van der Waals surface area contributed by atoms with Crippen molar-refractivity contribution in [2.45, 2.75) is 0 Å². The van der Waals surface area contributed by atoms with Crippen LogP contribution in [0.1, 0.15) is 10.4 Å². The van der Waals surface area contributed by atoms with Crippen LogP contribution < -0.4 is 10.2 Å². The third-order valence-electron chi connectivity index (χ3n) is 5.52. The summed E-state index contributed by atoms with van der Waals surface area (Å²) in [7, 11) is 1.69. The van der Waals surface area contributed by atoms with E-state index in [4.69, 9.17) is 21.3 Å². The van der Waals surface area contributed by atoms with Gasteiger partial charge in [-0.05, 0) is 24.3 Å². The number of ether oxygens (including phenoxy) is 1. The van der Waals surface area contributed by atoms with Crippen LogP contribution >= 0.6 is 11.6 Å². The van der Waals surface area contributed by atoms with Gasteiger partial charge in [0.2, 0.25) is 5.95 Å². The number of nitrogens with one attached hydrogen (secondary N) is 1. The lowest BCUT2D eigenvalue weighted by atomic mass is 10.1. The Balaban J connectivity index is 1.66. The van der Waals surface area contributed by atoms with Crippen LogP contribution in [0.5, 0.6) is 0 Å². The predicted octanol–water partition coefficient (Wildman–Crippen LogP) is 3.54. The number of hydrogen-bond acceptors (Lipinski definition) is 8. The van der Waals surface area contributed by atoms with E-state index < -0.39 is 11.8 Å². The number of pyridine rings is 1. The van der Waals surface area contributed by atoms with E-state index in [1.807, 2.05) is 0 Å². The zero-order chi connectivity index (χ0) is 24.1. The molecule has 2 N–H and O–H groups in total. The molecule has 1 aliphatic heterocycles. The molecule has 34 heavy (non-hydrogen) atoms. The van der Waals surface area contributed by atoms with Crippen molar-refractivity contribution >= 4 is 35.0 Å². The molecule has 1 saturated heterocycles. The summed E-state index contributed by atoms with van der Waals surface area (Å²) in [6, 6.07) is 5.83. The number of benzene rings is 1. The maximum absolute atomic E-state index is 13.5. The summed E-state index contributed by atoms with van der Waals surface area (Å²) in [6.45, 7) is 4.63. The Labute approximate surface area is 201 Å². The van der Waals surface area contributed by atoms with Gasteiger partial charge in [-0.2, -0.15) is 4.98 Å². The molecule has 0 saturated carbocycles. The molecule has 0 bridgehead atoms. The molecule has 2 aromatic heterocycles. The summed E-state index contributed by atoms with van der Waals surface area (Å²) in [5, 5.41) is 12.4. The molecule has 1 aliphatic rings. The van der Waals surface area contributed by atoms with E-state index in [2.05, 4.69) is 25.1 Å². The molecule has 11 heteroatoms. The average Bonchev–Trinajstić information content (AvgIpc) is 2.85. The molecule has 3 aromatic rings. The van der Waals surface area contributed by atoms with Crippen LogP contribution in [-0.4, -0.2) is 77.4 Å². The first kappa shape index (κ1) is 23.8. The molecule has 0 radical (unpaired) electrons. The normalized spacial score (nSPS) is 14.3. The third kappa shape index (κ3) is 5.58. The Kier molecular flexibility index (Phi) is 7.51. The summed E-state index contributed by atoms with van der Waals surface area (Å²) in [5.74, 6) is -0.608. The highest BCUT2D eigenvalue weighted by molar-refractivity contribution is 6.31. The maximum atomic E-state index is 13.5. The number of aromatic carboxylic acids is 1. The van der Waals surface area contributed by atoms with Crippen LogP contribution in [0.25, 0.3) is 11.1 Å². The van der Waals surface area contributed by atoms with Gasteiger partial charge in [-0.1, -0.05) is 11.6 Å². The number of carboxylic acid groups (broad SMARTS) is 1. The average molecular weight is 487 g/mol. The van der Waals surface area contributed by atoms with Gasteiger partial charge in [-0.25, -0.2) is 14.2 Å². The minimum atomic E-state index is -1.06. The van der Waals surface area contributed by atoms with Crippen molar-refractivity contribution in [3.8, 4) is 11.1 Å². The van der Waals surface area contributed by atoms with Gasteiger partial charge in [0.1, 0.15) is 11.6 Å². The first-order valence-corrected chi connectivity index (χ1v) is 11.1. The van der Waals surface area contributed by atoms with Gasteiger partial charge in [0.25, 0.3) is 0 Å². The van der Waals surface area contributed by atoms with Gasteiger partial charge in [-0.3, -0.25) is 9.88 Å². The van der Waals surface area contributed by atoms with Gasteiger partial charge in [0.05, 0.1) is 17.2 Å². The quantitative estimate of drug-likeness (QED) is 0.494. The summed E-state index contributed by atoms with van der Waals surface area (Å²) >= 11 is 5.90. The number of carbonyl (C=O) groups is 1. The first-order valence-electron chi connectivity index (χ1n) is 10.7. The largest absolute Gasteiger partial charge is 0.478 e. The lowest BCUT2D eigenvalue weighted by Gasteiger charge is -2.36. The number of piperazine rings is 1. The van der Waals surface area contributed by atoms with E-state index in [0.717, 1.165) is 32.7 Å². The topological polar surface area (TPSA) is 104 Å². The fourth-order valence-electron chi connectivity index (χ4n) is 3.69. The van der Waals surface area contributed by atoms with Crippen molar-refractivity contribution in [3.63, 3.8) is 0 Å². The molecule has 0 unspecified atom stereocenters. The number of nitrogens with zero attached hydrogens (tertiary/aromatic N) is 5. The van der Waals surface area contributed by atoms with E-state index in [-0.39, 0.29) is 10.6 Å². The fourth-order valence-corrected chi connectivity index (χ4v) is 3.87. The molecule has 0 amide bonds. The standard InChI is InChI=1S/C23H24ClFN6O3/c1-34-9-8-30-4-6-31(7-5-30)21-18(15-10-16(22(32)33)13-26-12-15)14-27-23(29-21)28-17-2-3-20(25)19(24)11-17/h2-3,10-14H,4-9H2,1H3,(H,32,33)(H,27,28,29). The number of carboxylic acids is 1. The minimum absolute atomic E-state index is 0.00872. The van der Waals surface area contributed by atoms with Crippen LogP contribution in [0.4, 0.5) is 21.8 Å². The smallest absolute Gasteiger partial charge is 0.337 e. The summed E-state index contributed by atoms with van der Waals surface area (Å²) in [5.41, 5.74) is 1.90. The number of anilines is 3. The minimum Gasteiger partial charge on any atom is -0.478 e. The van der Waals surface area contributed by atoms with E-state index in [0.29, 0.717) is 35.2 Å². The Morgan fingerprint density at radius 3 is 2.71 bits per heavy atom. The van der Waals surface area contributed by atoms with Crippen molar-refractivity contribution in [2.24, 2.45) is 0 Å². The molecule has 0 spiro atoms. The fraction of sp³-hybridized carbons (Fsp3) is 0.304. The molecule has 9 nitrogen and oxygen atoms in total. The molecule has 178 valence electrons. The van der Waals surface area contributed by atoms with Gasteiger partial charge in [0, 0.05) is 75.2 Å². The molecular weight excluding hydrogens is 463 g/mol. The highest BCUT2D eigenvalue weighted by Crippen LogP contribution is 2.31. The zero-order valence-electron chi connectivity index (χ0n) is 18.5. The summed E-state index contributed by atoms with van der Waals surface area (Å²) < 4.78 is 18.7. The molecular formula is C23H24ClFN6O3. The van der Waals surface area contributed by atoms with Crippen LogP contribution in [0, 0.1) is 5.82 Å². The van der Waals surface area contributed by atoms with Gasteiger partial charge >= 0.3 is 5.97 Å². The van der Waals surface area contributed by atoms with Crippen molar-refractivity contribution in [1.29, 1.82) is 0 Å². The van der Waals surface area contributed by atoms with Crippen LogP contribution in [0.15, 0.2) is 42.9 Å². The molecule has 0 atom stereocenters. The van der Waals surface area contributed by atoms with Crippen molar-refractivity contribution < 1.29 is 19.0 Å².